The van der Waals surface area contributed by atoms with Gasteiger partial charge in [-0.05, 0) is 6.08 Å². The zero-order valence-corrected chi connectivity index (χ0v) is 7.16. The van der Waals surface area contributed by atoms with E-state index in [0.717, 1.165) is 12.2 Å². The van der Waals surface area contributed by atoms with Gasteiger partial charge in [-0.15, -0.1) is 0 Å². The molecule has 0 saturated carbocycles. The molecular formula is C8H9NO5. The first-order valence-corrected chi connectivity index (χ1v) is 3.92. The van der Waals surface area contributed by atoms with Gasteiger partial charge in [0.25, 0.3) is 0 Å². The van der Waals surface area contributed by atoms with Crippen LogP contribution in [0.3, 0.4) is 0 Å². The lowest BCUT2D eigenvalue weighted by Gasteiger charge is -2.10. The van der Waals surface area contributed by atoms with Crippen LogP contribution < -0.4 is 0 Å². The van der Waals surface area contributed by atoms with Crippen molar-refractivity contribution < 1.29 is 19.9 Å². The van der Waals surface area contributed by atoms with E-state index in [1.54, 1.807) is 0 Å². The number of hydrogen-bond donors (Lipinski definition) is 2. The minimum absolute atomic E-state index is 0.000694. The van der Waals surface area contributed by atoms with Crippen LogP contribution in [-0.4, -0.2) is 33.6 Å². The summed E-state index contributed by atoms with van der Waals surface area (Å²) >= 11 is 0. The smallest absolute Gasteiger partial charge is 0.249 e. The summed E-state index contributed by atoms with van der Waals surface area (Å²) in [6.45, 7) is 0. The van der Waals surface area contributed by atoms with Crippen LogP contribution in [0.15, 0.2) is 23.4 Å². The Labute approximate surface area is 79.3 Å². The molecule has 0 heterocycles. The second kappa shape index (κ2) is 4.12. The molecule has 1 aliphatic rings. The Morgan fingerprint density at radius 1 is 1.57 bits per heavy atom. The molecule has 0 amide bonds. The van der Waals surface area contributed by atoms with E-state index >= 15 is 0 Å². The van der Waals surface area contributed by atoms with Crippen LogP contribution in [0.25, 0.3) is 0 Å². The number of rotatable bonds is 2. The summed E-state index contributed by atoms with van der Waals surface area (Å²) in [4.78, 5) is 20.1. The highest BCUT2D eigenvalue weighted by Crippen LogP contribution is 2.17. The second-order valence-corrected chi connectivity index (χ2v) is 2.94. The number of hydrogen-bond acceptors (Lipinski definition) is 5. The van der Waals surface area contributed by atoms with Crippen molar-refractivity contribution in [2.24, 2.45) is 0 Å². The van der Waals surface area contributed by atoms with Crippen LogP contribution in [0, 0.1) is 10.1 Å². The molecule has 0 aromatic rings. The normalized spacial score (nSPS) is 27.3. The summed E-state index contributed by atoms with van der Waals surface area (Å²) in [5.41, 5.74) is -0.284. The van der Waals surface area contributed by atoms with E-state index in [2.05, 4.69) is 0 Å². The molecule has 0 aromatic heterocycles. The van der Waals surface area contributed by atoms with E-state index in [0.29, 0.717) is 6.29 Å². The zero-order valence-electron chi connectivity index (χ0n) is 7.16. The predicted molar refractivity (Wildman–Crippen MR) is 45.9 cm³/mol. The van der Waals surface area contributed by atoms with E-state index < -0.39 is 17.1 Å². The molecule has 6 heteroatoms. The fraction of sp³-hybridized carbons (Fsp3) is 0.375. The summed E-state index contributed by atoms with van der Waals surface area (Å²) in [5.74, 6) is 0. The lowest BCUT2D eigenvalue weighted by molar-refractivity contribution is -0.429. The standard InChI is InChI=1S/C8H9NO5/c10-4-5-1-6(9(13)14)3-8(12)7(11)2-5/h1-2,4,7-8,11-12H,3H2. The van der Waals surface area contributed by atoms with Gasteiger partial charge in [0.15, 0.2) is 0 Å². The molecule has 0 bridgehead atoms. The first-order chi connectivity index (χ1) is 6.54. The number of carbonyl (C=O) groups is 1. The van der Waals surface area contributed by atoms with E-state index in [1.807, 2.05) is 0 Å². The summed E-state index contributed by atoms with van der Waals surface area (Å²) in [5, 5.41) is 28.9. The van der Waals surface area contributed by atoms with Crippen molar-refractivity contribution in [1.29, 1.82) is 0 Å². The van der Waals surface area contributed by atoms with Gasteiger partial charge in [-0.3, -0.25) is 14.9 Å². The average Bonchev–Trinajstić information content (AvgIpc) is 2.27. The molecule has 6 nitrogen and oxygen atoms in total. The van der Waals surface area contributed by atoms with E-state index in [1.165, 1.54) is 0 Å². The highest BCUT2D eigenvalue weighted by Gasteiger charge is 2.25. The lowest BCUT2D eigenvalue weighted by Crippen LogP contribution is -2.24. The van der Waals surface area contributed by atoms with Crippen molar-refractivity contribution >= 4 is 6.29 Å². The first kappa shape index (κ1) is 10.6. The summed E-state index contributed by atoms with van der Waals surface area (Å²) in [6, 6.07) is 0. The topological polar surface area (TPSA) is 101 Å². The number of carbonyl (C=O) groups excluding carboxylic acids is 1. The van der Waals surface area contributed by atoms with Crippen molar-refractivity contribution in [2.45, 2.75) is 18.6 Å². The van der Waals surface area contributed by atoms with Gasteiger partial charge in [0.2, 0.25) is 5.70 Å². The van der Waals surface area contributed by atoms with Crippen LogP contribution in [0.2, 0.25) is 0 Å². The highest BCUT2D eigenvalue weighted by molar-refractivity contribution is 5.78. The molecule has 0 aliphatic heterocycles. The monoisotopic (exact) mass is 199 g/mol. The SMILES string of the molecule is O=CC1=CC(O)C(O)CC([N+](=O)[O-])=C1. The van der Waals surface area contributed by atoms with Gasteiger partial charge in [0.1, 0.15) is 6.29 Å². The third-order valence-electron chi connectivity index (χ3n) is 1.88. The van der Waals surface area contributed by atoms with Crippen molar-refractivity contribution in [3.05, 3.63) is 33.5 Å². The first-order valence-electron chi connectivity index (χ1n) is 3.92. The Bertz CT molecular complexity index is 320. The molecule has 2 N–H and O–H groups in total. The van der Waals surface area contributed by atoms with Gasteiger partial charge in [0, 0.05) is 11.6 Å². The predicted octanol–water partition coefficient (Wildman–Crippen LogP) is -0.602. The quantitative estimate of drug-likeness (QED) is 0.351. The Morgan fingerprint density at radius 3 is 2.71 bits per heavy atom. The van der Waals surface area contributed by atoms with Crippen molar-refractivity contribution in [2.75, 3.05) is 0 Å². The van der Waals surface area contributed by atoms with Gasteiger partial charge in [-0.2, -0.15) is 0 Å². The molecule has 0 aromatic carbocycles. The Morgan fingerprint density at radius 2 is 2.21 bits per heavy atom. The molecular weight excluding hydrogens is 190 g/mol. The third kappa shape index (κ3) is 2.24. The minimum atomic E-state index is -1.25. The van der Waals surface area contributed by atoms with E-state index in [4.69, 9.17) is 0 Å². The van der Waals surface area contributed by atoms with Crippen molar-refractivity contribution in [1.82, 2.24) is 0 Å². The lowest BCUT2D eigenvalue weighted by atomic mass is 10.1. The van der Waals surface area contributed by atoms with Crippen LogP contribution in [0.1, 0.15) is 6.42 Å². The van der Waals surface area contributed by atoms with Crippen molar-refractivity contribution in [3.8, 4) is 0 Å². The van der Waals surface area contributed by atoms with Crippen LogP contribution in [-0.2, 0) is 4.79 Å². The second-order valence-electron chi connectivity index (χ2n) is 2.94. The summed E-state index contributed by atoms with van der Waals surface area (Å²) in [6.07, 6.45) is -0.235. The molecule has 76 valence electrons. The van der Waals surface area contributed by atoms with Crippen LogP contribution >= 0.6 is 0 Å². The van der Waals surface area contributed by atoms with E-state index in [-0.39, 0.29) is 17.7 Å². The summed E-state index contributed by atoms with van der Waals surface area (Å²) < 4.78 is 0. The molecule has 0 fully saturated rings. The molecule has 2 atom stereocenters. The number of allylic oxidation sites excluding steroid dienone is 2. The number of nitrogens with zero attached hydrogens (tertiary/aromatic N) is 1. The maximum atomic E-state index is 10.4. The molecule has 14 heavy (non-hydrogen) atoms. The third-order valence-corrected chi connectivity index (χ3v) is 1.88. The molecule has 0 spiro atoms. The molecule has 0 saturated heterocycles. The van der Waals surface area contributed by atoms with Gasteiger partial charge in [-0.1, -0.05) is 0 Å². The number of nitro groups is 1. The highest BCUT2D eigenvalue weighted by atomic mass is 16.6. The van der Waals surface area contributed by atoms with Crippen LogP contribution in [0.5, 0.6) is 0 Å². The Hall–Kier alpha value is -1.53. The van der Waals surface area contributed by atoms with Gasteiger partial charge >= 0.3 is 0 Å². The zero-order chi connectivity index (χ0) is 10.7. The van der Waals surface area contributed by atoms with Crippen molar-refractivity contribution in [3.63, 3.8) is 0 Å². The fourth-order valence-electron chi connectivity index (χ4n) is 1.14. The summed E-state index contributed by atoms with van der Waals surface area (Å²) in [7, 11) is 0. The van der Waals surface area contributed by atoms with Gasteiger partial charge in [0.05, 0.1) is 23.6 Å². The molecule has 0 radical (unpaired) electrons. The van der Waals surface area contributed by atoms with Crippen LogP contribution in [0.4, 0.5) is 0 Å². The number of aliphatic hydroxyl groups is 2. The molecule has 1 rings (SSSR count). The Kier molecular flexibility index (Phi) is 3.10. The molecule has 2 unspecified atom stereocenters. The maximum absolute atomic E-state index is 10.4. The number of aldehydes is 1. The van der Waals surface area contributed by atoms with E-state index in [9.17, 15) is 25.1 Å². The largest absolute Gasteiger partial charge is 0.389 e. The fourth-order valence-corrected chi connectivity index (χ4v) is 1.14. The minimum Gasteiger partial charge on any atom is -0.389 e. The average molecular weight is 199 g/mol. The van der Waals surface area contributed by atoms with Gasteiger partial charge < -0.3 is 10.2 Å². The molecule has 1 aliphatic carbocycles. The maximum Gasteiger partial charge on any atom is 0.249 e. The number of aliphatic hydroxyl groups excluding tert-OH is 2. The van der Waals surface area contributed by atoms with Gasteiger partial charge in [-0.25, -0.2) is 0 Å². The Balaban J connectivity index is 3.02.